The van der Waals surface area contributed by atoms with Crippen molar-refractivity contribution in [2.24, 2.45) is 17.0 Å². The Bertz CT molecular complexity index is 240. The molecule has 5 nitrogen and oxygen atoms in total. The Morgan fingerprint density at radius 1 is 1.50 bits per heavy atom. The van der Waals surface area contributed by atoms with Crippen molar-refractivity contribution in [3.05, 3.63) is 10.4 Å². The quantitative estimate of drug-likeness (QED) is 0.301. The van der Waals surface area contributed by atoms with Gasteiger partial charge in [-0.25, -0.2) is 0 Å². The molecule has 0 unspecified atom stereocenters. The maximum absolute atomic E-state index is 11.2. The molecule has 0 aromatic rings. The third-order valence-corrected chi connectivity index (χ3v) is 2.78. The maximum Gasteiger partial charge on any atom is 0.308 e. The molecule has 1 aliphatic rings. The van der Waals surface area contributed by atoms with E-state index < -0.39 is 0 Å². The van der Waals surface area contributed by atoms with Crippen LogP contribution in [0.2, 0.25) is 0 Å². The first-order valence-corrected chi connectivity index (χ1v) is 4.86. The topological polar surface area (TPSA) is 75.1 Å². The highest BCUT2D eigenvalue weighted by Crippen LogP contribution is 2.29. The van der Waals surface area contributed by atoms with Gasteiger partial charge in [0.1, 0.15) is 0 Å². The zero-order valence-corrected chi connectivity index (χ0v) is 8.35. The van der Waals surface area contributed by atoms with Crippen LogP contribution < -0.4 is 0 Å². The molecule has 0 amide bonds. The van der Waals surface area contributed by atoms with Crippen LogP contribution in [0.15, 0.2) is 5.11 Å². The van der Waals surface area contributed by atoms with Gasteiger partial charge in [0.2, 0.25) is 0 Å². The molecule has 0 N–H and O–H groups in total. The highest BCUT2D eigenvalue weighted by atomic mass is 16.5. The molecule has 0 aliphatic heterocycles. The van der Waals surface area contributed by atoms with E-state index in [9.17, 15) is 4.79 Å². The fourth-order valence-corrected chi connectivity index (χ4v) is 1.90. The van der Waals surface area contributed by atoms with Crippen LogP contribution in [0, 0.1) is 11.8 Å². The van der Waals surface area contributed by atoms with Crippen LogP contribution in [0.25, 0.3) is 10.4 Å². The molecular weight excluding hydrogens is 182 g/mol. The minimum Gasteiger partial charge on any atom is -0.469 e. The Balaban J connectivity index is 2.30. The summed E-state index contributed by atoms with van der Waals surface area (Å²) >= 11 is 0. The van der Waals surface area contributed by atoms with Crippen LogP contribution in [-0.4, -0.2) is 19.6 Å². The molecule has 1 saturated carbocycles. The van der Waals surface area contributed by atoms with Crippen molar-refractivity contribution in [1.29, 1.82) is 0 Å². The summed E-state index contributed by atoms with van der Waals surface area (Å²) in [4.78, 5) is 13.9. The molecule has 1 rings (SSSR count). The summed E-state index contributed by atoms with van der Waals surface area (Å²) in [5, 5.41) is 3.55. The highest BCUT2D eigenvalue weighted by Gasteiger charge is 2.26. The minimum absolute atomic E-state index is 0.0577. The Kier molecular flexibility index (Phi) is 4.26. The van der Waals surface area contributed by atoms with E-state index in [1.165, 1.54) is 7.11 Å². The van der Waals surface area contributed by atoms with Crippen molar-refractivity contribution in [2.75, 3.05) is 13.7 Å². The first kappa shape index (κ1) is 10.9. The summed E-state index contributed by atoms with van der Waals surface area (Å²) in [6.07, 6.45) is 3.63. The van der Waals surface area contributed by atoms with Gasteiger partial charge in [-0.3, -0.25) is 4.79 Å². The second-order valence-electron chi connectivity index (χ2n) is 3.65. The van der Waals surface area contributed by atoms with E-state index >= 15 is 0 Å². The van der Waals surface area contributed by atoms with Crippen LogP contribution in [0.4, 0.5) is 0 Å². The van der Waals surface area contributed by atoms with Gasteiger partial charge in [0.15, 0.2) is 0 Å². The lowest BCUT2D eigenvalue weighted by Gasteiger charge is -2.25. The van der Waals surface area contributed by atoms with Gasteiger partial charge in [0, 0.05) is 11.5 Å². The number of azide groups is 1. The zero-order valence-electron chi connectivity index (χ0n) is 8.35. The summed E-state index contributed by atoms with van der Waals surface area (Å²) in [7, 11) is 1.42. The molecule has 5 heteroatoms. The van der Waals surface area contributed by atoms with Gasteiger partial charge in [0.05, 0.1) is 13.0 Å². The Labute approximate surface area is 83.1 Å². The van der Waals surface area contributed by atoms with Crippen LogP contribution in [0.1, 0.15) is 25.7 Å². The summed E-state index contributed by atoms with van der Waals surface area (Å²) in [6, 6.07) is 0. The number of ether oxygens (including phenoxy) is 1. The number of carbonyl (C=O) groups excluding carboxylic acids is 1. The van der Waals surface area contributed by atoms with Gasteiger partial charge >= 0.3 is 5.97 Å². The lowest BCUT2D eigenvalue weighted by molar-refractivity contribution is -0.146. The number of hydrogen-bond donors (Lipinski definition) is 0. The van der Waals surface area contributed by atoms with E-state index in [2.05, 4.69) is 14.8 Å². The third-order valence-electron chi connectivity index (χ3n) is 2.78. The molecule has 0 atom stereocenters. The molecule has 0 spiro atoms. The Hall–Kier alpha value is -1.22. The molecule has 0 aromatic carbocycles. The van der Waals surface area contributed by atoms with Crippen molar-refractivity contribution >= 4 is 5.97 Å². The first-order valence-electron chi connectivity index (χ1n) is 4.86. The summed E-state index contributed by atoms with van der Waals surface area (Å²) in [5.41, 5.74) is 8.16. The van der Waals surface area contributed by atoms with Crippen molar-refractivity contribution in [3.8, 4) is 0 Å². The fourth-order valence-electron chi connectivity index (χ4n) is 1.90. The van der Waals surface area contributed by atoms with Gasteiger partial charge in [0.25, 0.3) is 0 Å². The van der Waals surface area contributed by atoms with E-state index in [1.807, 2.05) is 0 Å². The lowest BCUT2D eigenvalue weighted by atomic mass is 9.82. The molecular formula is C9H15N3O2. The van der Waals surface area contributed by atoms with Gasteiger partial charge in [-0.15, -0.1) is 0 Å². The molecule has 14 heavy (non-hydrogen) atoms. The first-order chi connectivity index (χ1) is 6.77. The van der Waals surface area contributed by atoms with Crippen LogP contribution in [-0.2, 0) is 9.53 Å². The molecule has 78 valence electrons. The van der Waals surface area contributed by atoms with E-state index in [0.717, 1.165) is 25.7 Å². The number of hydrogen-bond acceptors (Lipinski definition) is 3. The average Bonchev–Trinajstić information content (AvgIpc) is 2.26. The standard InChI is InChI=1S/C9H15N3O2/c1-14-9(13)8-4-2-7(3-5-8)6-11-12-10/h7-8H,2-6H2,1H3. The second-order valence-corrected chi connectivity index (χ2v) is 3.65. The molecule has 0 bridgehead atoms. The third kappa shape index (κ3) is 2.92. The second kappa shape index (κ2) is 5.50. The van der Waals surface area contributed by atoms with Crippen molar-refractivity contribution in [3.63, 3.8) is 0 Å². The molecule has 1 aliphatic carbocycles. The Morgan fingerprint density at radius 3 is 2.64 bits per heavy atom. The number of esters is 1. The maximum atomic E-state index is 11.2. The number of nitrogens with zero attached hydrogens (tertiary/aromatic N) is 3. The van der Waals surface area contributed by atoms with Gasteiger partial charge in [-0.2, -0.15) is 0 Å². The van der Waals surface area contributed by atoms with E-state index in [-0.39, 0.29) is 11.9 Å². The normalized spacial score (nSPS) is 26.4. The average molecular weight is 197 g/mol. The molecule has 0 heterocycles. The zero-order chi connectivity index (χ0) is 10.4. The number of methoxy groups -OCH3 is 1. The van der Waals surface area contributed by atoms with Gasteiger partial charge < -0.3 is 4.74 Å². The van der Waals surface area contributed by atoms with E-state index in [0.29, 0.717) is 12.5 Å². The van der Waals surface area contributed by atoms with Crippen LogP contribution >= 0.6 is 0 Å². The molecule has 0 saturated heterocycles. The van der Waals surface area contributed by atoms with Crippen LogP contribution in [0.3, 0.4) is 0 Å². The largest absolute Gasteiger partial charge is 0.469 e. The number of rotatable bonds is 3. The molecule has 1 fully saturated rings. The SMILES string of the molecule is COC(=O)C1CCC(CN=[N+]=[N-])CC1. The molecule has 0 radical (unpaired) electrons. The smallest absolute Gasteiger partial charge is 0.308 e. The monoisotopic (exact) mass is 197 g/mol. The predicted molar refractivity (Wildman–Crippen MR) is 51.5 cm³/mol. The Morgan fingerprint density at radius 2 is 2.14 bits per heavy atom. The predicted octanol–water partition coefficient (Wildman–Crippen LogP) is 2.28. The van der Waals surface area contributed by atoms with Crippen molar-refractivity contribution in [1.82, 2.24) is 0 Å². The highest BCUT2D eigenvalue weighted by molar-refractivity contribution is 5.72. The summed E-state index contributed by atoms with van der Waals surface area (Å²) in [5.74, 6) is 0.404. The van der Waals surface area contributed by atoms with E-state index in [4.69, 9.17) is 5.53 Å². The van der Waals surface area contributed by atoms with Crippen molar-refractivity contribution in [2.45, 2.75) is 25.7 Å². The van der Waals surface area contributed by atoms with Crippen molar-refractivity contribution < 1.29 is 9.53 Å². The summed E-state index contributed by atoms with van der Waals surface area (Å²) < 4.78 is 4.69. The molecule has 0 aromatic heterocycles. The van der Waals surface area contributed by atoms with Gasteiger partial charge in [-0.1, -0.05) is 5.11 Å². The summed E-state index contributed by atoms with van der Waals surface area (Å²) in [6.45, 7) is 0.560. The number of carbonyl (C=O) groups is 1. The van der Waals surface area contributed by atoms with E-state index in [1.54, 1.807) is 0 Å². The van der Waals surface area contributed by atoms with Crippen LogP contribution in [0.5, 0.6) is 0 Å². The fraction of sp³-hybridized carbons (Fsp3) is 0.889. The lowest BCUT2D eigenvalue weighted by Crippen LogP contribution is -2.23. The van der Waals surface area contributed by atoms with Gasteiger partial charge in [-0.05, 0) is 37.1 Å². The minimum atomic E-state index is -0.104.